The molecule has 1 atom stereocenters. The van der Waals surface area contributed by atoms with E-state index >= 15 is 0 Å². The van der Waals surface area contributed by atoms with Gasteiger partial charge >= 0.3 is 11.9 Å². The van der Waals surface area contributed by atoms with Gasteiger partial charge in [0.05, 0.1) is 18.6 Å². The second-order valence-corrected chi connectivity index (χ2v) is 5.91. The normalized spacial score (nSPS) is 11.7. The third-order valence-corrected chi connectivity index (χ3v) is 3.19. The Bertz CT molecular complexity index is 585. The molecule has 0 aliphatic carbocycles. The van der Waals surface area contributed by atoms with Crippen LogP contribution in [0.15, 0.2) is 24.3 Å². The van der Waals surface area contributed by atoms with Crippen molar-refractivity contribution in [3.63, 3.8) is 0 Å². The summed E-state index contributed by atoms with van der Waals surface area (Å²) >= 11 is 0. The summed E-state index contributed by atoms with van der Waals surface area (Å²) in [6, 6.07) is 6.06. The number of rotatable bonds is 7. The van der Waals surface area contributed by atoms with Gasteiger partial charge < -0.3 is 31.5 Å². The van der Waals surface area contributed by atoms with E-state index in [1.54, 1.807) is 12.1 Å². The first-order valence-corrected chi connectivity index (χ1v) is 7.38. The number of aromatic carboxylic acids is 1. The molecule has 1 aromatic carbocycles. The topological polar surface area (TPSA) is 170 Å². The summed E-state index contributed by atoms with van der Waals surface area (Å²) in [6.45, 7) is 2.70. The van der Waals surface area contributed by atoms with Crippen LogP contribution in [0.25, 0.3) is 0 Å². The van der Waals surface area contributed by atoms with Crippen molar-refractivity contribution in [1.82, 2.24) is 5.32 Å². The molecule has 1 rings (SSSR count). The van der Waals surface area contributed by atoms with E-state index in [0.717, 1.165) is 0 Å². The summed E-state index contributed by atoms with van der Waals surface area (Å²) in [6.07, 6.45) is -1.55. The van der Waals surface area contributed by atoms with Crippen molar-refractivity contribution in [1.29, 1.82) is 0 Å². The van der Waals surface area contributed by atoms with E-state index < -0.39 is 29.4 Å². The van der Waals surface area contributed by atoms with E-state index in [1.807, 2.05) is 0 Å². The monoisotopic (exact) mass is 356 g/mol. The molecule has 0 spiro atoms. The molecule has 1 aromatic rings. The number of carboxylic acids is 2. The molecule has 0 heterocycles. The maximum Gasteiger partial charge on any atom is 0.335 e. The summed E-state index contributed by atoms with van der Waals surface area (Å²) in [5, 5.41) is 37.4. The minimum absolute atomic E-state index is 0.0350. The number of carbonyl (C=O) groups is 3. The molecule has 0 saturated carbocycles. The molecule has 140 valence electrons. The van der Waals surface area contributed by atoms with Crippen LogP contribution in [0.4, 0.5) is 5.69 Å². The van der Waals surface area contributed by atoms with Crippen molar-refractivity contribution in [3.8, 4) is 0 Å². The lowest BCUT2D eigenvalue weighted by Crippen LogP contribution is -2.45. The number of amides is 1. The molecule has 25 heavy (non-hydrogen) atoms. The van der Waals surface area contributed by atoms with Crippen molar-refractivity contribution in [2.24, 2.45) is 5.41 Å². The molecule has 7 N–H and O–H groups in total. The van der Waals surface area contributed by atoms with Crippen LogP contribution in [0, 0.1) is 5.41 Å². The number of carboxylic acid groups (broad SMARTS) is 2. The zero-order valence-electron chi connectivity index (χ0n) is 14.1. The number of anilines is 1. The Morgan fingerprint density at radius 3 is 2.08 bits per heavy atom. The number of hydrogen-bond acceptors (Lipinski definition) is 6. The van der Waals surface area contributed by atoms with Crippen LogP contribution in [0.3, 0.4) is 0 Å². The van der Waals surface area contributed by atoms with E-state index in [-0.39, 0.29) is 25.1 Å². The van der Waals surface area contributed by atoms with Gasteiger partial charge in [-0.1, -0.05) is 13.8 Å². The highest BCUT2D eigenvalue weighted by Gasteiger charge is 2.32. The molecule has 0 fully saturated rings. The SMILES string of the molecule is CC(C)(CO)C(O)C(=O)NCCC(=O)O.Nc1ccc(C(=O)O)cc1. The van der Waals surface area contributed by atoms with Gasteiger partial charge in [0, 0.05) is 17.6 Å². The first-order chi connectivity index (χ1) is 11.5. The van der Waals surface area contributed by atoms with Crippen LogP contribution in [0.1, 0.15) is 30.6 Å². The summed E-state index contributed by atoms with van der Waals surface area (Å²) in [4.78, 5) is 31.7. The van der Waals surface area contributed by atoms with Gasteiger partial charge in [0.15, 0.2) is 0 Å². The highest BCUT2D eigenvalue weighted by Crippen LogP contribution is 2.19. The average Bonchev–Trinajstić information content (AvgIpc) is 2.54. The molecule has 0 aliphatic rings. The van der Waals surface area contributed by atoms with Crippen LogP contribution >= 0.6 is 0 Å². The fourth-order valence-corrected chi connectivity index (χ4v) is 1.46. The van der Waals surface area contributed by atoms with Crippen LogP contribution in [0.5, 0.6) is 0 Å². The summed E-state index contributed by atoms with van der Waals surface area (Å²) in [5.74, 6) is -2.62. The zero-order valence-corrected chi connectivity index (χ0v) is 14.1. The zero-order chi connectivity index (χ0) is 19.6. The van der Waals surface area contributed by atoms with Gasteiger partial charge in [0.1, 0.15) is 6.10 Å². The third-order valence-electron chi connectivity index (χ3n) is 3.19. The average molecular weight is 356 g/mol. The Balaban J connectivity index is 0.000000496. The van der Waals surface area contributed by atoms with Crippen molar-refractivity contribution in [3.05, 3.63) is 29.8 Å². The number of carbonyl (C=O) groups excluding carboxylic acids is 1. The van der Waals surface area contributed by atoms with Gasteiger partial charge in [-0.25, -0.2) is 4.79 Å². The maximum absolute atomic E-state index is 11.3. The number of aliphatic carboxylic acids is 1. The number of nitrogens with two attached hydrogens (primary N) is 1. The van der Waals surface area contributed by atoms with Gasteiger partial charge in [-0.05, 0) is 24.3 Å². The van der Waals surface area contributed by atoms with Crippen molar-refractivity contribution >= 4 is 23.5 Å². The van der Waals surface area contributed by atoms with Gasteiger partial charge in [0.2, 0.25) is 5.91 Å². The molecule has 0 aromatic heterocycles. The lowest BCUT2D eigenvalue weighted by atomic mass is 9.87. The molecule has 0 aliphatic heterocycles. The third kappa shape index (κ3) is 8.68. The van der Waals surface area contributed by atoms with E-state index in [1.165, 1.54) is 26.0 Å². The molecule has 0 bridgehead atoms. The quantitative estimate of drug-likeness (QED) is 0.368. The Morgan fingerprint density at radius 2 is 1.68 bits per heavy atom. The predicted molar refractivity (Wildman–Crippen MR) is 89.9 cm³/mol. The summed E-state index contributed by atoms with van der Waals surface area (Å²) in [7, 11) is 0. The van der Waals surface area contributed by atoms with E-state index in [0.29, 0.717) is 5.69 Å². The second-order valence-electron chi connectivity index (χ2n) is 5.91. The van der Waals surface area contributed by atoms with Crippen LogP contribution in [0.2, 0.25) is 0 Å². The largest absolute Gasteiger partial charge is 0.481 e. The fourth-order valence-electron chi connectivity index (χ4n) is 1.46. The van der Waals surface area contributed by atoms with Crippen molar-refractivity contribution in [2.45, 2.75) is 26.4 Å². The Labute approximate surface area is 145 Å². The molecular weight excluding hydrogens is 332 g/mol. The van der Waals surface area contributed by atoms with Gasteiger partial charge in [-0.3, -0.25) is 9.59 Å². The Kier molecular flexibility index (Phi) is 9.18. The second kappa shape index (κ2) is 10.3. The van der Waals surface area contributed by atoms with Crippen LogP contribution in [-0.4, -0.2) is 57.5 Å². The van der Waals surface area contributed by atoms with E-state index in [4.69, 9.17) is 21.1 Å². The smallest absolute Gasteiger partial charge is 0.335 e. The Hall–Kier alpha value is -2.65. The minimum Gasteiger partial charge on any atom is -0.481 e. The van der Waals surface area contributed by atoms with Crippen LogP contribution < -0.4 is 11.1 Å². The number of benzene rings is 1. The number of hydrogen-bond donors (Lipinski definition) is 6. The number of nitrogen functional groups attached to an aromatic ring is 1. The maximum atomic E-state index is 11.3. The molecule has 0 radical (unpaired) electrons. The Morgan fingerprint density at radius 1 is 1.16 bits per heavy atom. The predicted octanol–water partition coefficient (Wildman–Crippen LogP) is -0.0763. The molecule has 1 unspecified atom stereocenters. The molecule has 9 nitrogen and oxygen atoms in total. The highest BCUT2D eigenvalue weighted by atomic mass is 16.4. The van der Waals surface area contributed by atoms with E-state index in [9.17, 15) is 19.5 Å². The van der Waals surface area contributed by atoms with Crippen molar-refractivity contribution in [2.75, 3.05) is 18.9 Å². The van der Waals surface area contributed by atoms with Gasteiger partial charge in [0.25, 0.3) is 0 Å². The van der Waals surface area contributed by atoms with Crippen molar-refractivity contribution < 1.29 is 34.8 Å². The first kappa shape index (κ1) is 22.4. The lowest BCUT2D eigenvalue weighted by Gasteiger charge is -2.26. The number of nitrogens with one attached hydrogen (secondary N) is 1. The molecule has 1 amide bonds. The summed E-state index contributed by atoms with van der Waals surface area (Å²) < 4.78 is 0. The van der Waals surface area contributed by atoms with Gasteiger partial charge in [-0.2, -0.15) is 0 Å². The number of aliphatic hydroxyl groups is 2. The van der Waals surface area contributed by atoms with E-state index in [2.05, 4.69) is 5.32 Å². The highest BCUT2D eigenvalue weighted by molar-refractivity contribution is 5.87. The minimum atomic E-state index is -1.35. The number of aliphatic hydroxyl groups excluding tert-OH is 2. The first-order valence-electron chi connectivity index (χ1n) is 7.38. The fraction of sp³-hybridized carbons (Fsp3) is 0.438. The molecule has 9 heteroatoms. The molecular formula is C16H24N2O7. The van der Waals surface area contributed by atoms with Gasteiger partial charge in [-0.15, -0.1) is 0 Å². The molecule has 0 saturated heterocycles. The lowest BCUT2D eigenvalue weighted by molar-refractivity contribution is -0.138. The van der Waals surface area contributed by atoms with Crippen LogP contribution in [-0.2, 0) is 9.59 Å². The standard InChI is InChI=1S/C9H17NO5.C7H7NO2/c1-9(2,5-11)7(14)8(15)10-4-3-6(12)13;8-6-3-1-5(2-4-6)7(9)10/h7,11,14H,3-5H2,1-2H3,(H,10,15)(H,12,13);1-4H,8H2,(H,9,10). The summed E-state index contributed by atoms with van der Waals surface area (Å²) in [5.41, 5.74) is 5.23.